The predicted octanol–water partition coefficient (Wildman–Crippen LogP) is 4.56. The summed E-state index contributed by atoms with van der Waals surface area (Å²) in [5.41, 5.74) is -3.19. The van der Waals surface area contributed by atoms with Crippen LogP contribution in [0.3, 0.4) is 0 Å². The Kier molecular flexibility index (Phi) is 6.55. The van der Waals surface area contributed by atoms with Gasteiger partial charge in [0, 0.05) is 16.8 Å². The number of anilines is 1. The first-order chi connectivity index (χ1) is 14.9. The van der Waals surface area contributed by atoms with E-state index in [9.17, 15) is 32.5 Å². The van der Waals surface area contributed by atoms with E-state index in [4.69, 9.17) is 11.6 Å². The molecule has 2 aromatic heterocycles. The van der Waals surface area contributed by atoms with Crippen LogP contribution in [-0.4, -0.2) is 30.4 Å². The first-order valence-corrected chi connectivity index (χ1v) is 9.80. The minimum absolute atomic E-state index is 0.00202. The molecule has 2 heterocycles. The van der Waals surface area contributed by atoms with Crippen molar-refractivity contribution in [1.29, 1.82) is 0 Å². The fourth-order valence-corrected chi connectivity index (χ4v) is 3.45. The molecule has 0 aliphatic rings. The van der Waals surface area contributed by atoms with E-state index in [0.29, 0.717) is 9.15 Å². The van der Waals surface area contributed by atoms with Gasteiger partial charge >= 0.3 is 11.9 Å². The van der Waals surface area contributed by atoms with Gasteiger partial charge in [0.1, 0.15) is 18.1 Å². The highest BCUT2D eigenvalue weighted by molar-refractivity contribution is 9.10. The van der Waals surface area contributed by atoms with Gasteiger partial charge in [-0.1, -0.05) is 17.7 Å². The number of carbonyl (C=O) groups excluding carboxylic acids is 1. The lowest BCUT2D eigenvalue weighted by Crippen LogP contribution is -2.21. The number of alkyl halides is 3. The molecule has 3 rings (SSSR count). The van der Waals surface area contributed by atoms with Crippen molar-refractivity contribution in [2.75, 3.05) is 5.32 Å². The fourth-order valence-electron chi connectivity index (χ4n) is 2.82. The third-order valence-corrected chi connectivity index (χ3v) is 5.21. The molecule has 32 heavy (non-hydrogen) atoms. The van der Waals surface area contributed by atoms with Crippen LogP contribution in [0, 0.1) is 22.9 Å². The van der Waals surface area contributed by atoms with Crippen LogP contribution >= 0.6 is 27.5 Å². The standard InChI is InChI=1S/C17H12BrClF4N6O3/c1-8-14(29(31)32)15(17(21,22)23)25-28(8)7-13(30)24-16-10(18)6-27(26-16)5-9-11(19)3-2-4-12(9)20/h2-4,6H,5,7H2,1H3,(H,24,26,30). The Morgan fingerprint density at radius 2 is 2.03 bits per heavy atom. The molecule has 0 saturated carbocycles. The zero-order valence-corrected chi connectivity index (χ0v) is 18.3. The van der Waals surface area contributed by atoms with E-state index >= 15 is 0 Å². The largest absolute Gasteiger partial charge is 0.442 e. The summed E-state index contributed by atoms with van der Waals surface area (Å²) in [4.78, 5) is 22.1. The van der Waals surface area contributed by atoms with Crippen molar-refractivity contribution in [3.05, 3.63) is 66.8 Å². The van der Waals surface area contributed by atoms with Gasteiger partial charge in [-0.3, -0.25) is 24.3 Å². The van der Waals surface area contributed by atoms with Crippen molar-refractivity contribution >= 4 is 44.9 Å². The van der Waals surface area contributed by atoms with E-state index in [1.165, 1.54) is 29.1 Å². The van der Waals surface area contributed by atoms with Crippen LogP contribution < -0.4 is 5.32 Å². The summed E-state index contributed by atoms with van der Waals surface area (Å²) < 4.78 is 55.3. The number of hydrogen-bond acceptors (Lipinski definition) is 5. The van der Waals surface area contributed by atoms with Gasteiger partial charge in [-0.25, -0.2) is 4.39 Å². The molecule has 1 amide bonds. The SMILES string of the molecule is Cc1c([N+](=O)[O-])c(C(F)(F)F)nn1CC(=O)Nc1nn(Cc2c(F)cccc2Cl)cc1Br. The molecule has 9 nitrogen and oxygen atoms in total. The average Bonchev–Trinajstić information content (AvgIpc) is 3.18. The summed E-state index contributed by atoms with van der Waals surface area (Å²) >= 11 is 9.16. The molecule has 0 fully saturated rings. The number of halogens is 6. The van der Waals surface area contributed by atoms with Gasteiger partial charge in [-0.05, 0) is 35.0 Å². The van der Waals surface area contributed by atoms with Crippen LogP contribution in [0.15, 0.2) is 28.9 Å². The minimum Gasteiger partial charge on any atom is -0.307 e. The molecule has 0 aliphatic carbocycles. The highest BCUT2D eigenvalue weighted by atomic mass is 79.9. The highest BCUT2D eigenvalue weighted by Gasteiger charge is 2.44. The first-order valence-electron chi connectivity index (χ1n) is 8.63. The van der Waals surface area contributed by atoms with Crippen molar-refractivity contribution in [1.82, 2.24) is 19.6 Å². The van der Waals surface area contributed by atoms with Crippen molar-refractivity contribution in [3.63, 3.8) is 0 Å². The van der Waals surface area contributed by atoms with Crippen molar-refractivity contribution < 1.29 is 27.3 Å². The van der Waals surface area contributed by atoms with Crippen LogP contribution in [0.5, 0.6) is 0 Å². The number of amides is 1. The van der Waals surface area contributed by atoms with E-state index in [0.717, 1.165) is 6.92 Å². The van der Waals surface area contributed by atoms with Gasteiger partial charge in [0.15, 0.2) is 5.82 Å². The number of hydrogen-bond donors (Lipinski definition) is 1. The number of nitrogens with zero attached hydrogens (tertiary/aromatic N) is 5. The van der Waals surface area contributed by atoms with Gasteiger partial charge in [-0.2, -0.15) is 23.4 Å². The molecule has 0 spiro atoms. The summed E-state index contributed by atoms with van der Waals surface area (Å²) in [7, 11) is 0. The number of benzene rings is 1. The maximum absolute atomic E-state index is 14.0. The molecule has 0 atom stereocenters. The van der Waals surface area contributed by atoms with Crippen LogP contribution in [0.2, 0.25) is 5.02 Å². The van der Waals surface area contributed by atoms with E-state index in [1.54, 1.807) is 0 Å². The molecule has 1 aromatic carbocycles. The molecule has 0 radical (unpaired) electrons. The molecular weight excluding hydrogens is 528 g/mol. The van der Waals surface area contributed by atoms with E-state index < -0.39 is 46.4 Å². The van der Waals surface area contributed by atoms with Crippen LogP contribution in [0.4, 0.5) is 29.1 Å². The van der Waals surface area contributed by atoms with E-state index in [2.05, 4.69) is 31.4 Å². The first kappa shape index (κ1) is 23.7. The summed E-state index contributed by atoms with van der Waals surface area (Å²) in [6.07, 6.45) is -3.63. The molecule has 1 N–H and O–H groups in total. The zero-order chi connectivity index (χ0) is 23.8. The Morgan fingerprint density at radius 1 is 1.34 bits per heavy atom. The van der Waals surface area contributed by atoms with Crippen molar-refractivity contribution in [3.8, 4) is 0 Å². The van der Waals surface area contributed by atoms with Crippen LogP contribution in [0.25, 0.3) is 0 Å². The molecule has 15 heteroatoms. The Bertz CT molecular complexity index is 1190. The second kappa shape index (κ2) is 8.86. The van der Waals surface area contributed by atoms with Crippen molar-refractivity contribution in [2.45, 2.75) is 26.2 Å². The number of rotatable bonds is 6. The van der Waals surface area contributed by atoms with Crippen molar-refractivity contribution in [2.24, 2.45) is 0 Å². The summed E-state index contributed by atoms with van der Waals surface area (Å²) in [6, 6.07) is 4.17. The second-order valence-electron chi connectivity index (χ2n) is 6.47. The smallest absolute Gasteiger partial charge is 0.307 e. The van der Waals surface area contributed by atoms with Gasteiger partial charge in [0.05, 0.1) is 15.9 Å². The van der Waals surface area contributed by atoms with Gasteiger partial charge in [0.25, 0.3) is 0 Å². The summed E-state index contributed by atoms with van der Waals surface area (Å²) in [5.74, 6) is -1.39. The second-order valence-corrected chi connectivity index (χ2v) is 7.73. The molecular formula is C17H12BrClF4N6O3. The normalized spacial score (nSPS) is 11.6. The molecule has 0 aliphatic heterocycles. The number of nitro groups is 1. The quantitative estimate of drug-likeness (QED) is 0.281. The average molecular weight is 540 g/mol. The number of aromatic nitrogens is 4. The molecule has 0 bridgehead atoms. The Morgan fingerprint density at radius 3 is 2.59 bits per heavy atom. The Hall–Kier alpha value is -3.00. The highest BCUT2D eigenvalue weighted by Crippen LogP contribution is 2.37. The molecule has 3 aromatic rings. The molecule has 170 valence electrons. The third-order valence-electron chi connectivity index (χ3n) is 4.28. The predicted molar refractivity (Wildman–Crippen MR) is 108 cm³/mol. The van der Waals surface area contributed by atoms with Gasteiger partial charge < -0.3 is 5.32 Å². The lowest BCUT2D eigenvalue weighted by atomic mass is 10.2. The van der Waals surface area contributed by atoms with Gasteiger partial charge in [-0.15, -0.1) is 0 Å². The topological polar surface area (TPSA) is 108 Å². The zero-order valence-electron chi connectivity index (χ0n) is 16.0. The maximum Gasteiger partial charge on any atom is 0.442 e. The van der Waals surface area contributed by atoms with Crippen LogP contribution in [-0.2, 0) is 24.1 Å². The lowest BCUT2D eigenvalue weighted by molar-refractivity contribution is -0.388. The Labute approximate surface area is 190 Å². The number of carbonyl (C=O) groups is 1. The fraction of sp³-hybridized carbons (Fsp3) is 0.235. The van der Waals surface area contributed by atoms with E-state index in [1.807, 2.05) is 0 Å². The maximum atomic E-state index is 14.0. The Balaban J connectivity index is 1.78. The lowest BCUT2D eigenvalue weighted by Gasteiger charge is -2.06. The molecule has 0 unspecified atom stereocenters. The van der Waals surface area contributed by atoms with Gasteiger partial charge in [0.2, 0.25) is 11.6 Å². The monoisotopic (exact) mass is 538 g/mol. The molecule has 0 saturated heterocycles. The minimum atomic E-state index is -5.06. The number of nitrogens with one attached hydrogen (secondary N) is 1. The van der Waals surface area contributed by atoms with Crippen LogP contribution in [0.1, 0.15) is 17.0 Å². The van der Waals surface area contributed by atoms with E-state index in [-0.39, 0.29) is 22.9 Å². The summed E-state index contributed by atoms with van der Waals surface area (Å²) in [6.45, 7) is 0.261. The summed E-state index contributed by atoms with van der Waals surface area (Å²) in [5, 5.41) is 20.8. The third kappa shape index (κ3) is 4.91.